The van der Waals surface area contributed by atoms with E-state index in [2.05, 4.69) is 0 Å². The molecule has 1 aliphatic carbocycles. The number of carbonyl (C=O) groups excluding carboxylic acids is 1. The third-order valence-corrected chi connectivity index (χ3v) is 3.47. The summed E-state index contributed by atoms with van der Waals surface area (Å²) in [6, 6.07) is 0. The van der Waals surface area contributed by atoms with Crippen LogP contribution in [-0.4, -0.2) is 35.9 Å². The van der Waals surface area contributed by atoms with Crippen molar-refractivity contribution in [3.8, 4) is 0 Å². The van der Waals surface area contributed by atoms with Gasteiger partial charge < -0.3 is 9.64 Å². The maximum absolute atomic E-state index is 13.8. The van der Waals surface area contributed by atoms with Gasteiger partial charge in [-0.2, -0.15) is 0 Å². The molecular formula is C12H20FNO2. The fourth-order valence-corrected chi connectivity index (χ4v) is 2.21. The maximum atomic E-state index is 13.8. The molecule has 1 amide bonds. The molecular weight excluding hydrogens is 209 g/mol. The van der Waals surface area contributed by atoms with Gasteiger partial charge in [-0.15, -0.1) is 0 Å². The zero-order valence-electron chi connectivity index (χ0n) is 10.3. The van der Waals surface area contributed by atoms with Crippen LogP contribution in [0.3, 0.4) is 0 Å². The number of rotatable bonds is 0. The Morgan fingerprint density at radius 1 is 1.38 bits per heavy atom. The fraction of sp³-hybridized carbons (Fsp3) is 0.917. The average Bonchev–Trinajstić information content (AvgIpc) is 2.88. The largest absolute Gasteiger partial charge is 0.444 e. The number of hydrogen-bond acceptors (Lipinski definition) is 2. The van der Waals surface area contributed by atoms with Crippen LogP contribution in [0.1, 0.15) is 40.0 Å². The van der Waals surface area contributed by atoms with Crippen LogP contribution in [0.2, 0.25) is 0 Å². The Labute approximate surface area is 95.9 Å². The molecule has 0 aromatic rings. The van der Waals surface area contributed by atoms with E-state index in [9.17, 15) is 9.18 Å². The summed E-state index contributed by atoms with van der Waals surface area (Å²) >= 11 is 0. The van der Waals surface area contributed by atoms with Gasteiger partial charge in [0, 0.05) is 12.0 Å². The second-order valence-electron chi connectivity index (χ2n) is 6.01. The first kappa shape index (κ1) is 11.7. The Hall–Kier alpha value is -0.800. The van der Waals surface area contributed by atoms with Gasteiger partial charge >= 0.3 is 6.09 Å². The van der Waals surface area contributed by atoms with Crippen molar-refractivity contribution in [1.82, 2.24) is 4.90 Å². The molecule has 0 aromatic heterocycles. The lowest BCUT2D eigenvalue weighted by molar-refractivity contribution is 0.00219. The quantitative estimate of drug-likeness (QED) is 0.639. The van der Waals surface area contributed by atoms with E-state index in [-0.39, 0.29) is 18.1 Å². The summed E-state index contributed by atoms with van der Waals surface area (Å²) in [5.74, 6) is 0. The van der Waals surface area contributed by atoms with Gasteiger partial charge in [0.05, 0.1) is 6.54 Å². The van der Waals surface area contributed by atoms with Crippen LogP contribution in [0.25, 0.3) is 0 Å². The third kappa shape index (κ3) is 2.30. The van der Waals surface area contributed by atoms with Crippen LogP contribution in [0.15, 0.2) is 0 Å². The lowest BCUT2D eigenvalue weighted by atomic mass is 9.92. The first-order chi connectivity index (χ1) is 7.32. The summed E-state index contributed by atoms with van der Waals surface area (Å²) in [6.07, 6.45) is 1.50. The number of amides is 1. The molecule has 0 radical (unpaired) electrons. The SMILES string of the molecule is CC(C)(C)OC(=O)N1CCC2(CC2)C(F)C1. The number of halogens is 1. The summed E-state index contributed by atoms with van der Waals surface area (Å²) in [7, 11) is 0. The van der Waals surface area contributed by atoms with Crippen LogP contribution in [0, 0.1) is 5.41 Å². The Morgan fingerprint density at radius 3 is 2.44 bits per heavy atom. The van der Waals surface area contributed by atoms with Crippen LogP contribution >= 0.6 is 0 Å². The molecule has 1 saturated carbocycles. The molecule has 92 valence electrons. The smallest absolute Gasteiger partial charge is 0.410 e. The van der Waals surface area contributed by atoms with Crippen molar-refractivity contribution in [3.63, 3.8) is 0 Å². The van der Waals surface area contributed by atoms with Crippen LogP contribution in [0.4, 0.5) is 9.18 Å². The molecule has 0 bridgehead atoms. The molecule has 2 rings (SSSR count). The first-order valence-electron chi connectivity index (χ1n) is 5.94. The zero-order chi connectivity index (χ0) is 12.0. The number of hydrogen-bond donors (Lipinski definition) is 0. The van der Waals surface area contributed by atoms with E-state index in [0.29, 0.717) is 6.54 Å². The predicted molar refractivity (Wildman–Crippen MR) is 59.0 cm³/mol. The molecule has 2 fully saturated rings. The molecule has 0 N–H and O–H groups in total. The molecule has 0 aromatic carbocycles. The highest BCUT2D eigenvalue weighted by Crippen LogP contribution is 2.54. The van der Waals surface area contributed by atoms with E-state index in [0.717, 1.165) is 19.3 Å². The summed E-state index contributed by atoms with van der Waals surface area (Å²) in [5, 5.41) is 0. The highest BCUT2D eigenvalue weighted by Gasteiger charge is 2.53. The predicted octanol–water partition coefficient (Wildman–Crippen LogP) is 2.75. The Bertz CT molecular complexity index is 294. The molecule has 3 nitrogen and oxygen atoms in total. The molecule has 4 heteroatoms. The number of nitrogens with zero attached hydrogens (tertiary/aromatic N) is 1. The highest BCUT2D eigenvalue weighted by molar-refractivity contribution is 5.68. The molecule has 1 atom stereocenters. The average molecular weight is 229 g/mol. The molecule has 1 aliphatic heterocycles. The maximum Gasteiger partial charge on any atom is 0.410 e. The summed E-state index contributed by atoms with van der Waals surface area (Å²) < 4.78 is 19.1. The minimum atomic E-state index is -0.867. The topological polar surface area (TPSA) is 29.5 Å². The molecule has 1 spiro atoms. The van der Waals surface area contributed by atoms with Crippen LogP contribution in [-0.2, 0) is 4.74 Å². The van der Waals surface area contributed by atoms with E-state index in [1.165, 1.54) is 4.90 Å². The molecule has 2 aliphatic rings. The van der Waals surface area contributed by atoms with Crippen molar-refractivity contribution in [2.75, 3.05) is 13.1 Å². The number of ether oxygens (including phenoxy) is 1. The van der Waals surface area contributed by atoms with Crippen LogP contribution < -0.4 is 0 Å². The fourth-order valence-electron chi connectivity index (χ4n) is 2.21. The Kier molecular flexibility index (Phi) is 2.63. The summed E-state index contributed by atoms with van der Waals surface area (Å²) in [4.78, 5) is 13.2. The molecule has 1 heterocycles. The van der Waals surface area contributed by atoms with Crippen molar-refractivity contribution in [3.05, 3.63) is 0 Å². The Balaban J connectivity index is 1.90. The lowest BCUT2D eigenvalue weighted by Gasteiger charge is -2.35. The number of alkyl halides is 1. The van der Waals surface area contributed by atoms with E-state index in [1.807, 2.05) is 20.8 Å². The van der Waals surface area contributed by atoms with Gasteiger partial charge in [0.1, 0.15) is 11.8 Å². The van der Waals surface area contributed by atoms with E-state index in [4.69, 9.17) is 4.74 Å². The van der Waals surface area contributed by atoms with Gasteiger partial charge in [-0.25, -0.2) is 9.18 Å². The van der Waals surface area contributed by atoms with Gasteiger partial charge in [-0.3, -0.25) is 0 Å². The minimum Gasteiger partial charge on any atom is -0.444 e. The number of carbonyl (C=O) groups is 1. The van der Waals surface area contributed by atoms with Crippen molar-refractivity contribution in [1.29, 1.82) is 0 Å². The molecule has 16 heavy (non-hydrogen) atoms. The first-order valence-corrected chi connectivity index (χ1v) is 5.94. The van der Waals surface area contributed by atoms with Crippen LogP contribution in [0.5, 0.6) is 0 Å². The number of likely N-dealkylation sites (tertiary alicyclic amines) is 1. The van der Waals surface area contributed by atoms with Crippen molar-refractivity contribution >= 4 is 6.09 Å². The van der Waals surface area contributed by atoms with Crippen molar-refractivity contribution in [2.45, 2.75) is 51.8 Å². The standard InChI is InChI=1S/C12H20FNO2/c1-11(2,3)16-10(15)14-7-6-12(4-5-12)9(13)8-14/h9H,4-8H2,1-3H3. The zero-order valence-corrected chi connectivity index (χ0v) is 10.3. The van der Waals surface area contributed by atoms with E-state index in [1.54, 1.807) is 0 Å². The van der Waals surface area contributed by atoms with Crippen molar-refractivity contribution < 1.29 is 13.9 Å². The van der Waals surface area contributed by atoms with E-state index >= 15 is 0 Å². The molecule has 1 saturated heterocycles. The normalized spacial score (nSPS) is 28.0. The third-order valence-electron chi connectivity index (χ3n) is 3.47. The summed E-state index contributed by atoms with van der Waals surface area (Å²) in [5.41, 5.74) is -0.587. The minimum absolute atomic E-state index is 0.0848. The lowest BCUT2D eigenvalue weighted by Crippen LogP contribution is -2.47. The van der Waals surface area contributed by atoms with Gasteiger partial charge in [0.25, 0.3) is 0 Å². The highest BCUT2D eigenvalue weighted by atomic mass is 19.1. The number of piperidine rings is 1. The second kappa shape index (κ2) is 3.60. The monoisotopic (exact) mass is 229 g/mol. The van der Waals surface area contributed by atoms with Gasteiger partial charge in [0.15, 0.2) is 0 Å². The van der Waals surface area contributed by atoms with Gasteiger partial charge in [-0.05, 0) is 40.0 Å². The van der Waals surface area contributed by atoms with Gasteiger partial charge in [-0.1, -0.05) is 0 Å². The van der Waals surface area contributed by atoms with Crippen molar-refractivity contribution in [2.24, 2.45) is 5.41 Å². The van der Waals surface area contributed by atoms with E-state index < -0.39 is 11.8 Å². The second-order valence-corrected chi connectivity index (χ2v) is 6.01. The van der Waals surface area contributed by atoms with Gasteiger partial charge in [0.2, 0.25) is 0 Å². The Morgan fingerprint density at radius 2 is 2.00 bits per heavy atom. The summed E-state index contributed by atoms with van der Waals surface area (Å²) in [6.45, 7) is 6.31. The molecule has 1 unspecified atom stereocenters.